The first kappa shape index (κ1) is 12.5. The molecule has 2 aromatic rings. The van der Waals surface area contributed by atoms with Crippen LogP contribution in [0.4, 0.5) is 0 Å². The summed E-state index contributed by atoms with van der Waals surface area (Å²) in [7, 11) is 0. The van der Waals surface area contributed by atoms with E-state index in [0.29, 0.717) is 12.0 Å². The van der Waals surface area contributed by atoms with Gasteiger partial charge in [-0.25, -0.2) is 0 Å². The molecule has 3 nitrogen and oxygen atoms in total. The lowest BCUT2D eigenvalue weighted by Gasteiger charge is -2.11. The third-order valence-electron chi connectivity index (χ3n) is 2.81. The van der Waals surface area contributed by atoms with Crippen LogP contribution in [0.15, 0.2) is 42.5 Å². The van der Waals surface area contributed by atoms with Gasteiger partial charge in [0, 0.05) is 23.4 Å². The summed E-state index contributed by atoms with van der Waals surface area (Å²) in [6, 6.07) is 12.7. The number of carbonyl (C=O) groups is 1. The Bertz CT molecular complexity index is 534. The van der Waals surface area contributed by atoms with Gasteiger partial charge >= 0.3 is 0 Å². The Morgan fingerprint density at radius 1 is 1.22 bits per heavy atom. The quantitative estimate of drug-likeness (QED) is 0.837. The number of hydrogen-bond acceptors (Lipinski definition) is 3. The molecular weight excluding hydrogens is 226 g/mol. The minimum absolute atomic E-state index is 0.474. The van der Waals surface area contributed by atoms with Crippen molar-refractivity contribution in [2.24, 2.45) is 0 Å². The van der Waals surface area contributed by atoms with Crippen molar-refractivity contribution in [1.29, 1.82) is 0 Å². The van der Waals surface area contributed by atoms with Crippen LogP contribution in [-0.2, 0) is 6.42 Å². The fourth-order valence-corrected chi connectivity index (χ4v) is 1.83. The molecule has 1 N–H and O–H groups in total. The van der Waals surface area contributed by atoms with E-state index >= 15 is 0 Å². The van der Waals surface area contributed by atoms with E-state index < -0.39 is 6.10 Å². The maximum Gasteiger partial charge on any atom is 0.150 e. The van der Waals surface area contributed by atoms with Crippen LogP contribution in [0.1, 0.15) is 33.4 Å². The minimum atomic E-state index is -0.597. The summed E-state index contributed by atoms with van der Waals surface area (Å²) in [5, 5.41) is 10.1. The standard InChI is InChI=1S/C15H15NO2/c1-11-3-2-4-14(16-11)9-15(18)13-7-5-12(10-17)6-8-13/h2-8,10,15,18H,9H2,1H3/t15-/m0/s1. The highest BCUT2D eigenvalue weighted by Crippen LogP contribution is 2.17. The van der Waals surface area contributed by atoms with Crippen molar-refractivity contribution in [2.75, 3.05) is 0 Å². The number of carbonyl (C=O) groups excluding carboxylic acids is 1. The van der Waals surface area contributed by atoms with Gasteiger partial charge in [0.25, 0.3) is 0 Å². The predicted octanol–water partition coefficient (Wildman–Crippen LogP) is 2.48. The Balaban J connectivity index is 2.11. The van der Waals surface area contributed by atoms with Crippen LogP contribution in [0.25, 0.3) is 0 Å². The molecule has 0 aliphatic carbocycles. The van der Waals surface area contributed by atoms with Gasteiger partial charge in [0.1, 0.15) is 6.29 Å². The average molecular weight is 241 g/mol. The highest BCUT2D eigenvalue weighted by molar-refractivity contribution is 5.74. The van der Waals surface area contributed by atoms with Crippen LogP contribution >= 0.6 is 0 Å². The maximum absolute atomic E-state index is 10.5. The number of aliphatic hydroxyl groups is 1. The van der Waals surface area contributed by atoms with E-state index in [1.807, 2.05) is 25.1 Å². The number of rotatable bonds is 4. The molecular formula is C15H15NO2. The molecule has 0 saturated heterocycles. The molecule has 1 heterocycles. The van der Waals surface area contributed by atoms with Crippen LogP contribution < -0.4 is 0 Å². The van der Waals surface area contributed by atoms with Crippen molar-refractivity contribution in [3.05, 3.63) is 65.0 Å². The Morgan fingerprint density at radius 3 is 2.56 bits per heavy atom. The fraction of sp³-hybridized carbons (Fsp3) is 0.200. The zero-order chi connectivity index (χ0) is 13.0. The van der Waals surface area contributed by atoms with Crippen LogP contribution in [-0.4, -0.2) is 16.4 Å². The van der Waals surface area contributed by atoms with Crippen molar-refractivity contribution < 1.29 is 9.90 Å². The lowest BCUT2D eigenvalue weighted by molar-refractivity contribution is 0.112. The fourth-order valence-electron chi connectivity index (χ4n) is 1.83. The molecule has 0 aliphatic heterocycles. The van der Waals surface area contributed by atoms with Crippen LogP contribution in [0.2, 0.25) is 0 Å². The zero-order valence-electron chi connectivity index (χ0n) is 10.2. The van der Waals surface area contributed by atoms with Crippen LogP contribution in [0, 0.1) is 6.92 Å². The minimum Gasteiger partial charge on any atom is -0.388 e. The molecule has 0 saturated carbocycles. The van der Waals surface area contributed by atoms with Gasteiger partial charge in [0.05, 0.1) is 6.10 Å². The molecule has 1 aromatic heterocycles. The summed E-state index contributed by atoms with van der Waals surface area (Å²) in [5.41, 5.74) is 3.21. The second kappa shape index (κ2) is 5.56. The van der Waals surface area contributed by atoms with Gasteiger partial charge in [-0.15, -0.1) is 0 Å². The molecule has 1 atom stereocenters. The second-order valence-electron chi connectivity index (χ2n) is 4.27. The van der Waals surface area contributed by atoms with E-state index in [-0.39, 0.29) is 0 Å². The molecule has 0 radical (unpaired) electrons. The number of nitrogens with zero attached hydrogens (tertiary/aromatic N) is 1. The Morgan fingerprint density at radius 2 is 1.94 bits per heavy atom. The first-order valence-electron chi connectivity index (χ1n) is 5.85. The second-order valence-corrected chi connectivity index (χ2v) is 4.27. The molecule has 0 fully saturated rings. The summed E-state index contributed by atoms with van der Waals surface area (Å²) in [6.07, 6.45) is 0.667. The van der Waals surface area contributed by atoms with Crippen molar-refractivity contribution in [2.45, 2.75) is 19.4 Å². The number of benzene rings is 1. The Hall–Kier alpha value is -2.00. The van der Waals surface area contributed by atoms with Crippen LogP contribution in [0.5, 0.6) is 0 Å². The predicted molar refractivity (Wildman–Crippen MR) is 69.5 cm³/mol. The lowest BCUT2D eigenvalue weighted by atomic mass is 10.0. The van der Waals surface area contributed by atoms with Gasteiger partial charge < -0.3 is 5.11 Å². The van der Waals surface area contributed by atoms with Gasteiger partial charge in [-0.1, -0.05) is 30.3 Å². The molecule has 1 aromatic carbocycles. The number of pyridine rings is 1. The van der Waals surface area contributed by atoms with Crippen molar-refractivity contribution in [3.63, 3.8) is 0 Å². The summed E-state index contributed by atoms with van der Waals surface area (Å²) in [5.74, 6) is 0. The van der Waals surface area contributed by atoms with Gasteiger partial charge in [-0.2, -0.15) is 0 Å². The van der Waals surface area contributed by atoms with E-state index in [9.17, 15) is 9.90 Å². The summed E-state index contributed by atoms with van der Waals surface area (Å²) < 4.78 is 0. The number of aromatic nitrogens is 1. The topological polar surface area (TPSA) is 50.2 Å². The molecule has 0 unspecified atom stereocenters. The monoisotopic (exact) mass is 241 g/mol. The first-order valence-corrected chi connectivity index (χ1v) is 5.85. The highest BCUT2D eigenvalue weighted by atomic mass is 16.3. The normalized spacial score (nSPS) is 12.1. The molecule has 0 amide bonds. The number of aliphatic hydroxyl groups excluding tert-OH is 1. The molecule has 18 heavy (non-hydrogen) atoms. The Kier molecular flexibility index (Phi) is 3.85. The molecule has 0 bridgehead atoms. The molecule has 2 rings (SSSR count). The van der Waals surface area contributed by atoms with Gasteiger partial charge in [0.2, 0.25) is 0 Å². The van der Waals surface area contributed by atoms with E-state index in [2.05, 4.69) is 4.98 Å². The summed E-state index contributed by atoms with van der Waals surface area (Å²) >= 11 is 0. The molecule has 92 valence electrons. The van der Waals surface area contributed by atoms with Crippen molar-refractivity contribution in [3.8, 4) is 0 Å². The van der Waals surface area contributed by atoms with Gasteiger partial charge in [-0.3, -0.25) is 9.78 Å². The number of hydrogen-bond donors (Lipinski definition) is 1. The maximum atomic E-state index is 10.5. The third-order valence-corrected chi connectivity index (χ3v) is 2.81. The molecule has 0 spiro atoms. The summed E-state index contributed by atoms with van der Waals surface area (Å²) in [4.78, 5) is 14.9. The largest absolute Gasteiger partial charge is 0.388 e. The SMILES string of the molecule is Cc1cccc(C[C@H](O)c2ccc(C=O)cc2)n1. The molecule has 3 heteroatoms. The average Bonchev–Trinajstić information content (AvgIpc) is 2.39. The van der Waals surface area contributed by atoms with E-state index in [0.717, 1.165) is 23.2 Å². The van der Waals surface area contributed by atoms with Crippen LogP contribution in [0.3, 0.4) is 0 Å². The molecule has 0 aliphatic rings. The van der Waals surface area contributed by atoms with Gasteiger partial charge in [-0.05, 0) is 24.6 Å². The highest BCUT2D eigenvalue weighted by Gasteiger charge is 2.09. The lowest BCUT2D eigenvalue weighted by Crippen LogP contribution is -2.04. The zero-order valence-corrected chi connectivity index (χ0v) is 10.2. The van der Waals surface area contributed by atoms with Gasteiger partial charge in [0.15, 0.2) is 0 Å². The third kappa shape index (κ3) is 3.02. The first-order chi connectivity index (χ1) is 8.69. The van der Waals surface area contributed by atoms with Crippen molar-refractivity contribution >= 4 is 6.29 Å². The summed E-state index contributed by atoms with van der Waals surface area (Å²) in [6.45, 7) is 1.93. The smallest absolute Gasteiger partial charge is 0.150 e. The van der Waals surface area contributed by atoms with E-state index in [1.54, 1.807) is 24.3 Å². The Labute approximate surface area is 106 Å². The number of aryl methyl sites for hydroxylation is 1. The van der Waals surface area contributed by atoms with Crippen molar-refractivity contribution in [1.82, 2.24) is 4.98 Å². The van der Waals surface area contributed by atoms with E-state index in [4.69, 9.17) is 0 Å². The van der Waals surface area contributed by atoms with E-state index in [1.165, 1.54) is 0 Å². The number of aldehydes is 1.